The number of anilines is 1. The predicted molar refractivity (Wildman–Crippen MR) is 142 cm³/mol. The monoisotopic (exact) mass is 521 g/mol. The zero-order valence-electron chi connectivity index (χ0n) is 20.8. The van der Waals surface area contributed by atoms with Crippen LogP contribution in [0.2, 0.25) is 5.02 Å². The van der Waals surface area contributed by atoms with Crippen molar-refractivity contribution >= 4 is 34.7 Å². The Bertz CT molecular complexity index is 1370. The second-order valence-corrected chi connectivity index (χ2v) is 8.99. The number of benzene rings is 3. The molecule has 3 aromatic carbocycles. The normalized spacial score (nSPS) is 16.8. The summed E-state index contributed by atoms with van der Waals surface area (Å²) in [7, 11) is 0. The number of ether oxygens (including phenoxy) is 2. The minimum Gasteiger partial charge on any atom is -0.507 e. The lowest BCUT2D eigenvalue weighted by molar-refractivity contribution is -0.132. The molecule has 1 atom stereocenters. The van der Waals surface area contributed by atoms with Crippen LogP contribution in [-0.4, -0.2) is 35.1 Å². The van der Waals surface area contributed by atoms with Gasteiger partial charge in [0.15, 0.2) is 11.5 Å². The number of phenolic OH excluding ortho intramolecular Hbond substituents is 1. The average Bonchev–Trinajstić information content (AvgIpc) is 3.16. The number of ketones is 1. The summed E-state index contributed by atoms with van der Waals surface area (Å²) in [6.07, 6.45) is 0.852. The van der Waals surface area contributed by atoms with Crippen LogP contribution in [0.5, 0.6) is 17.2 Å². The molecule has 1 unspecified atom stereocenters. The predicted octanol–water partition coefficient (Wildman–Crippen LogP) is 6.17. The quantitative estimate of drug-likeness (QED) is 0.209. The molecule has 7 nitrogen and oxygen atoms in total. The first-order chi connectivity index (χ1) is 17.8. The van der Waals surface area contributed by atoms with E-state index in [0.717, 1.165) is 6.42 Å². The molecule has 1 fully saturated rings. The number of rotatable bonds is 8. The molecule has 1 aliphatic rings. The summed E-state index contributed by atoms with van der Waals surface area (Å²) in [6, 6.07) is 15.4. The van der Waals surface area contributed by atoms with Crippen LogP contribution in [0.15, 0.2) is 66.2 Å². The standard InChI is InChI=1S/C29H28ClNO6/c1-4-15-37-20-12-9-18(10-13-20)27(33)25-26(19-11-14-23(32)24(16-19)36-5-2)31(29(35)28(25)34)22-8-6-7-21(30)17(22)3/h6-14,16,26,32-33H,4-5,15H2,1-3H3/b27-25+. The number of amides is 1. The number of hydrogen-bond donors (Lipinski definition) is 2. The van der Waals surface area contributed by atoms with Crippen molar-refractivity contribution in [2.24, 2.45) is 0 Å². The van der Waals surface area contributed by atoms with E-state index in [-0.39, 0.29) is 22.8 Å². The topological polar surface area (TPSA) is 96.3 Å². The second kappa shape index (κ2) is 11.0. The molecular weight excluding hydrogens is 494 g/mol. The summed E-state index contributed by atoms with van der Waals surface area (Å²) >= 11 is 6.35. The van der Waals surface area contributed by atoms with Gasteiger partial charge in [0.05, 0.1) is 24.8 Å². The Balaban J connectivity index is 1.91. The van der Waals surface area contributed by atoms with Crippen LogP contribution in [0.4, 0.5) is 5.69 Å². The Kier molecular flexibility index (Phi) is 7.74. The summed E-state index contributed by atoms with van der Waals surface area (Å²) in [4.78, 5) is 28.2. The Labute approximate surface area is 220 Å². The fourth-order valence-electron chi connectivity index (χ4n) is 4.31. The fourth-order valence-corrected chi connectivity index (χ4v) is 4.48. The Morgan fingerprint density at radius 2 is 1.76 bits per heavy atom. The van der Waals surface area contributed by atoms with Crippen LogP contribution in [0.1, 0.15) is 43.0 Å². The van der Waals surface area contributed by atoms with Crippen molar-refractivity contribution < 1.29 is 29.3 Å². The number of carbonyl (C=O) groups excluding carboxylic acids is 2. The minimum atomic E-state index is -0.993. The molecule has 1 aliphatic heterocycles. The number of carbonyl (C=O) groups is 2. The number of halogens is 1. The van der Waals surface area contributed by atoms with Gasteiger partial charge in [-0.2, -0.15) is 0 Å². The lowest BCUT2D eigenvalue weighted by atomic mass is 9.94. The van der Waals surface area contributed by atoms with Gasteiger partial charge in [-0.05, 0) is 79.9 Å². The maximum atomic E-state index is 13.4. The number of aliphatic hydroxyl groups excluding tert-OH is 1. The van der Waals surface area contributed by atoms with Gasteiger partial charge in [0.1, 0.15) is 11.5 Å². The van der Waals surface area contributed by atoms with Gasteiger partial charge in [0.25, 0.3) is 11.7 Å². The van der Waals surface area contributed by atoms with Crippen molar-refractivity contribution in [3.63, 3.8) is 0 Å². The Morgan fingerprint density at radius 3 is 2.43 bits per heavy atom. The lowest BCUT2D eigenvalue weighted by Gasteiger charge is -2.27. The lowest BCUT2D eigenvalue weighted by Crippen LogP contribution is -2.30. The van der Waals surface area contributed by atoms with E-state index in [4.69, 9.17) is 21.1 Å². The summed E-state index contributed by atoms with van der Waals surface area (Å²) < 4.78 is 11.2. The SMILES string of the molecule is CCCOc1ccc(/C(O)=C2\C(=O)C(=O)N(c3cccc(Cl)c3C)C2c2ccc(O)c(OCC)c2)cc1. The third-order valence-corrected chi connectivity index (χ3v) is 6.55. The highest BCUT2D eigenvalue weighted by Crippen LogP contribution is 2.45. The Hall–Kier alpha value is -3.97. The molecule has 1 saturated heterocycles. The van der Waals surface area contributed by atoms with Crippen molar-refractivity contribution in [2.45, 2.75) is 33.2 Å². The van der Waals surface area contributed by atoms with Crippen LogP contribution in [0, 0.1) is 6.92 Å². The molecule has 1 heterocycles. The summed E-state index contributed by atoms with van der Waals surface area (Å²) in [5.74, 6) is -1.21. The molecule has 37 heavy (non-hydrogen) atoms. The highest BCUT2D eigenvalue weighted by molar-refractivity contribution is 6.52. The van der Waals surface area contributed by atoms with Crippen LogP contribution < -0.4 is 14.4 Å². The van der Waals surface area contributed by atoms with Crippen molar-refractivity contribution in [3.8, 4) is 17.2 Å². The van der Waals surface area contributed by atoms with Gasteiger partial charge in [-0.15, -0.1) is 0 Å². The Morgan fingerprint density at radius 1 is 1.03 bits per heavy atom. The summed E-state index contributed by atoms with van der Waals surface area (Å²) in [6.45, 7) is 6.39. The molecule has 0 saturated carbocycles. The van der Waals surface area contributed by atoms with Crippen molar-refractivity contribution in [1.29, 1.82) is 0 Å². The zero-order valence-corrected chi connectivity index (χ0v) is 21.6. The molecule has 2 N–H and O–H groups in total. The van der Waals surface area contributed by atoms with E-state index in [1.807, 2.05) is 6.92 Å². The summed E-state index contributed by atoms with van der Waals surface area (Å²) in [5, 5.41) is 22.0. The third kappa shape index (κ3) is 5.00. The molecular formula is C29H28ClNO6. The van der Waals surface area contributed by atoms with Crippen LogP contribution in [0.3, 0.4) is 0 Å². The molecule has 3 aromatic rings. The van der Waals surface area contributed by atoms with Crippen LogP contribution in [-0.2, 0) is 9.59 Å². The van der Waals surface area contributed by atoms with Gasteiger partial charge >= 0.3 is 0 Å². The van der Waals surface area contributed by atoms with Crippen molar-refractivity contribution in [2.75, 3.05) is 18.1 Å². The smallest absolute Gasteiger partial charge is 0.300 e. The van der Waals surface area contributed by atoms with E-state index in [2.05, 4.69) is 0 Å². The van der Waals surface area contributed by atoms with Crippen molar-refractivity contribution in [3.05, 3.63) is 87.9 Å². The van der Waals surface area contributed by atoms with E-state index in [1.54, 1.807) is 68.4 Å². The molecule has 0 aliphatic carbocycles. The van der Waals surface area contributed by atoms with E-state index in [1.165, 1.54) is 11.0 Å². The van der Waals surface area contributed by atoms with E-state index < -0.39 is 17.7 Å². The fraction of sp³-hybridized carbons (Fsp3) is 0.241. The van der Waals surface area contributed by atoms with Gasteiger partial charge < -0.3 is 19.7 Å². The van der Waals surface area contributed by atoms with Gasteiger partial charge in [-0.25, -0.2) is 0 Å². The highest BCUT2D eigenvalue weighted by atomic mass is 35.5. The van der Waals surface area contributed by atoms with Gasteiger partial charge in [-0.3, -0.25) is 14.5 Å². The maximum absolute atomic E-state index is 13.4. The van der Waals surface area contributed by atoms with E-state index in [9.17, 15) is 19.8 Å². The second-order valence-electron chi connectivity index (χ2n) is 8.59. The molecule has 8 heteroatoms. The molecule has 0 aromatic heterocycles. The molecule has 1 amide bonds. The first kappa shape index (κ1) is 26.1. The number of phenols is 1. The van der Waals surface area contributed by atoms with Gasteiger partial charge in [0.2, 0.25) is 0 Å². The zero-order chi connectivity index (χ0) is 26.7. The molecule has 192 valence electrons. The third-order valence-electron chi connectivity index (χ3n) is 6.14. The van der Waals surface area contributed by atoms with Crippen LogP contribution >= 0.6 is 11.6 Å². The largest absolute Gasteiger partial charge is 0.507 e. The number of Topliss-reactive ketones (excluding diaryl/α,β-unsaturated/α-hetero) is 1. The molecule has 0 bridgehead atoms. The average molecular weight is 522 g/mol. The van der Waals surface area contributed by atoms with Gasteiger partial charge in [0, 0.05) is 16.3 Å². The number of aliphatic hydroxyl groups is 1. The summed E-state index contributed by atoms with van der Waals surface area (Å²) in [5.41, 5.74) is 1.80. The van der Waals surface area contributed by atoms with E-state index in [0.29, 0.717) is 46.4 Å². The first-order valence-electron chi connectivity index (χ1n) is 12.0. The molecule has 4 rings (SSSR count). The number of aromatic hydroxyl groups is 1. The van der Waals surface area contributed by atoms with Crippen LogP contribution in [0.25, 0.3) is 5.76 Å². The number of hydrogen-bond acceptors (Lipinski definition) is 6. The van der Waals surface area contributed by atoms with E-state index >= 15 is 0 Å². The highest BCUT2D eigenvalue weighted by Gasteiger charge is 2.47. The molecule has 0 spiro atoms. The maximum Gasteiger partial charge on any atom is 0.300 e. The van der Waals surface area contributed by atoms with Crippen molar-refractivity contribution in [1.82, 2.24) is 0 Å². The minimum absolute atomic E-state index is 0.0795. The number of nitrogens with zero attached hydrogens (tertiary/aromatic N) is 1. The van der Waals surface area contributed by atoms with Gasteiger partial charge in [-0.1, -0.05) is 30.7 Å². The first-order valence-corrected chi connectivity index (χ1v) is 12.4. The molecule has 0 radical (unpaired) electrons.